The van der Waals surface area contributed by atoms with E-state index >= 15 is 0 Å². The number of hydrogen-bond acceptors (Lipinski definition) is 5. The SMILES string of the molecule is COc1ccc(NC2CCC(C3OCCO3)CC2O)cc1. The lowest BCUT2D eigenvalue weighted by atomic mass is 9.83. The summed E-state index contributed by atoms with van der Waals surface area (Å²) in [7, 11) is 1.65. The van der Waals surface area contributed by atoms with E-state index in [9.17, 15) is 5.11 Å². The third kappa shape index (κ3) is 3.48. The average molecular weight is 293 g/mol. The number of anilines is 1. The van der Waals surface area contributed by atoms with E-state index in [1.807, 2.05) is 24.3 Å². The van der Waals surface area contributed by atoms with Crippen LogP contribution in [0.2, 0.25) is 0 Å². The molecule has 0 bridgehead atoms. The van der Waals surface area contributed by atoms with E-state index in [2.05, 4.69) is 5.32 Å². The predicted octanol–water partition coefficient (Wildman–Crippen LogP) is 2.01. The Hall–Kier alpha value is -1.30. The molecular formula is C16H23NO4. The molecule has 0 amide bonds. The second-order valence-corrected chi connectivity index (χ2v) is 5.73. The van der Waals surface area contributed by atoms with Gasteiger partial charge in [0, 0.05) is 11.6 Å². The van der Waals surface area contributed by atoms with E-state index in [1.165, 1.54) is 0 Å². The number of aliphatic hydroxyl groups excluding tert-OH is 1. The first-order valence-corrected chi connectivity index (χ1v) is 7.58. The molecule has 1 aromatic carbocycles. The molecule has 3 rings (SSSR count). The van der Waals surface area contributed by atoms with Crippen molar-refractivity contribution in [2.45, 2.75) is 37.7 Å². The van der Waals surface area contributed by atoms with Crippen molar-refractivity contribution in [3.63, 3.8) is 0 Å². The van der Waals surface area contributed by atoms with E-state index in [0.29, 0.717) is 19.1 Å². The first-order chi connectivity index (χ1) is 10.3. The molecule has 3 atom stereocenters. The molecule has 5 heteroatoms. The maximum Gasteiger partial charge on any atom is 0.160 e. The molecule has 1 aliphatic carbocycles. The number of aliphatic hydroxyl groups is 1. The summed E-state index contributed by atoms with van der Waals surface area (Å²) in [6.07, 6.45) is 2.15. The monoisotopic (exact) mass is 293 g/mol. The van der Waals surface area contributed by atoms with Crippen LogP contribution in [0.1, 0.15) is 19.3 Å². The maximum absolute atomic E-state index is 10.4. The Morgan fingerprint density at radius 1 is 1.14 bits per heavy atom. The van der Waals surface area contributed by atoms with Crippen molar-refractivity contribution in [3.8, 4) is 5.75 Å². The normalized spacial score (nSPS) is 30.3. The Morgan fingerprint density at radius 3 is 2.48 bits per heavy atom. The van der Waals surface area contributed by atoms with Gasteiger partial charge in [-0.1, -0.05) is 0 Å². The summed E-state index contributed by atoms with van der Waals surface area (Å²) in [6, 6.07) is 7.86. The second kappa shape index (κ2) is 6.64. The van der Waals surface area contributed by atoms with Crippen LogP contribution < -0.4 is 10.1 Å². The Bertz CT molecular complexity index is 444. The van der Waals surface area contributed by atoms with E-state index in [-0.39, 0.29) is 18.4 Å². The smallest absolute Gasteiger partial charge is 0.160 e. The highest BCUT2D eigenvalue weighted by Crippen LogP contribution is 2.32. The van der Waals surface area contributed by atoms with Crippen molar-refractivity contribution in [3.05, 3.63) is 24.3 Å². The van der Waals surface area contributed by atoms with Gasteiger partial charge in [0.2, 0.25) is 0 Å². The van der Waals surface area contributed by atoms with Crippen molar-refractivity contribution >= 4 is 5.69 Å². The topological polar surface area (TPSA) is 60.0 Å². The Balaban J connectivity index is 1.54. The third-order valence-electron chi connectivity index (χ3n) is 4.33. The van der Waals surface area contributed by atoms with Gasteiger partial charge in [0.05, 0.1) is 32.5 Å². The summed E-state index contributed by atoms with van der Waals surface area (Å²) >= 11 is 0. The number of hydrogen-bond donors (Lipinski definition) is 2. The number of benzene rings is 1. The third-order valence-corrected chi connectivity index (χ3v) is 4.33. The molecule has 2 aliphatic rings. The maximum atomic E-state index is 10.4. The molecule has 2 N–H and O–H groups in total. The molecule has 1 heterocycles. The van der Waals surface area contributed by atoms with E-state index in [4.69, 9.17) is 14.2 Å². The minimum Gasteiger partial charge on any atom is -0.497 e. The van der Waals surface area contributed by atoms with Crippen LogP contribution in [0.15, 0.2) is 24.3 Å². The second-order valence-electron chi connectivity index (χ2n) is 5.73. The molecule has 116 valence electrons. The molecule has 0 spiro atoms. The van der Waals surface area contributed by atoms with Crippen LogP contribution in [0.5, 0.6) is 5.75 Å². The number of rotatable bonds is 4. The fraction of sp³-hybridized carbons (Fsp3) is 0.625. The minimum absolute atomic E-state index is 0.0797. The predicted molar refractivity (Wildman–Crippen MR) is 79.4 cm³/mol. The van der Waals surface area contributed by atoms with Crippen LogP contribution in [-0.2, 0) is 9.47 Å². The highest BCUT2D eigenvalue weighted by atomic mass is 16.7. The summed E-state index contributed by atoms with van der Waals surface area (Å²) in [5, 5.41) is 13.8. The minimum atomic E-state index is -0.376. The lowest BCUT2D eigenvalue weighted by Gasteiger charge is -2.35. The van der Waals surface area contributed by atoms with Gasteiger partial charge in [-0.25, -0.2) is 0 Å². The van der Waals surface area contributed by atoms with Gasteiger partial charge in [0.25, 0.3) is 0 Å². The molecule has 0 aromatic heterocycles. The number of methoxy groups -OCH3 is 1. The Kier molecular flexibility index (Phi) is 4.63. The molecule has 21 heavy (non-hydrogen) atoms. The Morgan fingerprint density at radius 2 is 1.86 bits per heavy atom. The van der Waals surface area contributed by atoms with Crippen LogP contribution in [0.25, 0.3) is 0 Å². The lowest BCUT2D eigenvalue weighted by Crippen LogP contribution is -2.42. The molecular weight excluding hydrogens is 270 g/mol. The number of nitrogens with one attached hydrogen (secondary N) is 1. The van der Waals surface area contributed by atoms with Gasteiger partial charge in [-0.05, 0) is 43.5 Å². The summed E-state index contributed by atoms with van der Waals surface area (Å²) in [5.74, 6) is 1.14. The highest BCUT2D eigenvalue weighted by molar-refractivity contribution is 5.47. The quantitative estimate of drug-likeness (QED) is 0.889. The van der Waals surface area contributed by atoms with Crippen LogP contribution in [0.4, 0.5) is 5.69 Å². The standard InChI is InChI=1S/C16H23NO4/c1-19-13-5-3-12(4-6-13)17-14-7-2-11(10-15(14)18)16-20-8-9-21-16/h3-6,11,14-18H,2,7-10H2,1H3. The van der Waals surface area contributed by atoms with Crippen molar-refractivity contribution < 1.29 is 19.3 Å². The van der Waals surface area contributed by atoms with Gasteiger partial charge in [-0.15, -0.1) is 0 Å². The fourth-order valence-corrected chi connectivity index (χ4v) is 3.14. The van der Waals surface area contributed by atoms with Gasteiger partial charge in [-0.2, -0.15) is 0 Å². The summed E-state index contributed by atoms with van der Waals surface area (Å²) < 4.78 is 16.3. The molecule has 1 aliphatic heterocycles. The molecule has 1 saturated carbocycles. The highest BCUT2D eigenvalue weighted by Gasteiger charge is 2.35. The first-order valence-electron chi connectivity index (χ1n) is 7.58. The summed E-state index contributed by atoms with van der Waals surface area (Å²) in [6.45, 7) is 1.34. The molecule has 3 unspecified atom stereocenters. The number of ether oxygens (including phenoxy) is 3. The summed E-state index contributed by atoms with van der Waals surface area (Å²) in [5.41, 5.74) is 1.01. The molecule has 1 aromatic rings. The largest absolute Gasteiger partial charge is 0.497 e. The van der Waals surface area contributed by atoms with E-state index < -0.39 is 0 Å². The zero-order valence-electron chi connectivity index (χ0n) is 12.3. The molecule has 5 nitrogen and oxygen atoms in total. The van der Waals surface area contributed by atoms with Crippen molar-refractivity contribution in [1.82, 2.24) is 0 Å². The zero-order chi connectivity index (χ0) is 14.7. The van der Waals surface area contributed by atoms with E-state index in [0.717, 1.165) is 30.7 Å². The van der Waals surface area contributed by atoms with Crippen LogP contribution in [-0.4, -0.2) is 43.9 Å². The van der Waals surface area contributed by atoms with Crippen molar-refractivity contribution in [1.29, 1.82) is 0 Å². The average Bonchev–Trinajstić information content (AvgIpc) is 3.04. The molecule has 1 saturated heterocycles. The van der Waals surface area contributed by atoms with Crippen LogP contribution >= 0.6 is 0 Å². The molecule has 0 radical (unpaired) electrons. The van der Waals surface area contributed by atoms with Gasteiger partial charge in [0.15, 0.2) is 6.29 Å². The van der Waals surface area contributed by atoms with Gasteiger partial charge in [0.1, 0.15) is 5.75 Å². The van der Waals surface area contributed by atoms with Crippen LogP contribution in [0, 0.1) is 5.92 Å². The Labute approximate surface area is 125 Å². The summed E-state index contributed by atoms with van der Waals surface area (Å²) in [4.78, 5) is 0. The van der Waals surface area contributed by atoms with Crippen molar-refractivity contribution in [2.24, 2.45) is 5.92 Å². The zero-order valence-corrected chi connectivity index (χ0v) is 12.3. The van der Waals surface area contributed by atoms with Gasteiger partial charge >= 0.3 is 0 Å². The lowest BCUT2D eigenvalue weighted by molar-refractivity contribution is -0.105. The first kappa shape index (κ1) is 14.6. The van der Waals surface area contributed by atoms with Gasteiger partial charge < -0.3 is 24.6 Å². The molecule has 2 fully saturated rings. The van der Waals surface area contributed by atoms with Gasteiger partial charge in [-0.3, -0.25) is 0 Å². The fourth-order valence-electron chi connectivity index (χ4n) is 3.14. The van der Waals surface area contributed by atoms with Crippen LogP contribution in [0.3, 0.4) is 0 Å². The van der Waals surface area contributed by atoms with Crippen molar-refractivity contribution in [2.75, 3.05) is 25.6 Å². The van der Waals surface area contributed by atoms with E-state index in [1.54, 1.807) is 7.11 Å².